The molecule has 0 aromatic carbocycles. The molecule has 2 atom stereocenters. The third-order valence-electron chi connectivity index (χ3n) is 3.40. The molecule has 8 heteroatoms. The van der Waals surface area contributed by atoms with E-state index in [0.717, 1.165) is 39.5 Å². The fourth-order valence-corrected chi connectivity index (χ4v) is 4.18. The van der Waals surface area contributed by atoms with Crippen molar-refractivity contribution >= 4 is 19.3 Å². The molecule has 1 N–H and O–H groups in total. The van der Waals surface area contributed by atoms with Gasteiger partial charge in [0.05, 0.1) is 26.9 Å². The Morgan fingerprint density at radius 2 is 1.80 bits per heavy atom. The minimum absolute atomic E-state index is 0.0935. The molecule has 116 valence electrons. The van der Waals surface area contributed by atoms with Crippen LogP contribution in [0.4, 0.5) is 0 Å². The van der Waals surface area contributed by atoms with Crippen LogP contribution >= 0.6 is 7.37 Å². The summed E-state index contributed by atoms with van der Waals surface area (Å²) >= 11 is 0. The first-order valence-electron chi connectivity index (χ1n) is 6.59. The second-order valence-electron chi connectivity index (χ2n) is 4.89. The van der Waals surface area contributed by atoms with Gasteiger partial charge >= 0.3 is 11.9 Å². The van der Waals surface area contributed by atoms with Crippen LogP contribution in [0.5, 0.6) is 0 Å². The molecule has 1 aliphatic heterocycles. The number of carbonyl (C=O) groups is 2. The standard InChI is InChI=1S/C12H22NO6P/c1-18-11(14)8-10(12(15)19-2)20(16,17)9-13-6-4-3-5-7-13/h10H,3-9H2,1-2H3,(H,16,17)/t10-/m1/s1. The molecule has 0 amide bonds. The first-order valence-corrected chi connectivity index (χ1v) is 8.50. The number of ether oxygens (including phenoxy) is 2. The van der Waals surface area contributed by atoms with Crippen LogP contribution in [0.2, 0.25) is 0 Å². The van der Waals surface area contributed by atoms with E-state index < -0.39 is 31.4 Å². The van der Waals surface area contributed by atoms with Crippen molar-refractivity contribution in [3.05, 3.63) is 0 Å². The van der Waals surface area contributed by atoms with Crippen molar-refractivity contribution in [3.8, 4) is 0 Å². The van der Waals surface area contributed by atoms with Gasteiger partial charge < -0.3 is 14.4 Å². The lowest BCUT2D eigenvalue weighted by atomic mass is 10.1. The average molecular weight is 307 g/mol. The molecule has 1 aliphatic rings. The molecule has 0 aliphatic carbocycles. The maximum Gasteiger partial charge on any atom is 0.319 e. The molecular weight excluding hydrogens is 285 g/mol. The molecule has 1 heterocycles. The molecule has 1 unspecified atom stereocenters. The summed E-state index contributed by atoms with van der Waals surface area (Å²) in [4.78, 5) is 35.0. The van der Waals surface area contributed by atoms with Crippen LogP contribution in [-0.2, 0) is 23.6 Å². The van der Waals surface area contributed by atoms with Gasteiger partial charge in [-0.05, 0) is 25.9 Å². The molecule has 0 bridgehead atoms. The fraction of sp³-hybridized carbons (Fsp3) is 0.833. The van der Waals surface area contributed by atoms with Crippen LogP contribution in [0.3, 0.4) is 0 Å². The van der Waals surface area contributed by atoms with Crippen molar-refractivity contribution in [2.45, 2.75) is 31.3 Å². The van der Waals surface area contributed by atoms with E-state index in [1.807, 2.05) is 4.90 Å². The van der Waals surface area contributed by atoms with E-state index in [-0.39, 0.29) is 6.29 Å². The Kier molecular flexibility index (Phi) is 6.65. The molecular formula is C12H22NO6P. The van der Waals surface area contributed by atoms with Crippen molar-refractivity contribution in [1.82, 2.24) is 4.90 Å². The van der Waals surface area contributed by atoms with Gasteiger partial charge in [-0.2, -0.15) is 0 Å². The summed E-state index contributed by atoms with van der Waals surface area (Å²) in [7, 11) is -1.56. The van der Waals surface area contributed by atoms with Crippen LogP contribution in [-0.4, -0.2) is 61.0 Å². The molecule has 1 fully saturated rings. The maximum absolute atomic E-state index is 12.4. The van der Waals surface area contributed by atoms with Crippen molar-refractivity contribution in [1.29, 1.82) is 0 Å². The van der Waals surface area contributed by atoms with Gasteiger partial charge in [0.15, 0.2) is 0 Å². The zero-order chi connectivity index (χ0) is 15.2. The van der Waals surface area contributed by atoms with E-state index >= 15 is 0 Å². The van der Waals surface area contributed by atoms with Gasteiger partial charge in [0, 0.05) is 0 Å². The van der Waals surface area contributed by atoms with E-state index in [2.05, 4.69) is 9.47 Å². The summed E-state index contributed by atoms with van der Waals surface area (Å²) in [6.07, 6.45) is 2.52. The van der Waals surface area contributed by atoms with Crippen LogP contribution in [0.25, 0.3) is 0 Å². The zero-order valence-electron chi connectivity index (χ0n) is 11.9. The number of likely N-dealkylation sites (tertiary alicyclic amines) is 1. The number of rotatable bonds is 6. The quantitative estimate of drug-likeness (QED) is 0.573. The Morgan fingerprint density at radius 3 is 2.30 bits per heavy atom. The monoisotopic (exact) mass is 307 g/mol. The van der Waals surface area contributed by atoms with Gasteiger partial charge in [-0.3, -0.25) is 19.1 Å². The van der Waals surface area contributed by atoms with E-state index in [4.69, 9.17) is 0 Å². The summed E-state index contributed by atoms with van der Waals surface area (Å²) in [6.45, 7) is 1.47. The second kappa shape index (κ2) is 7.76. The lowest BCUT2D eigenvalue weighted by Gasteiger charge is -2.30. The molecule has 0 aromatic heterocycles. The average Bonchev–Trinajstić information content (AvgIpc) is 2.44. The first kappa shape index (κ1) is 17.1. The Labute approximate surface area is 118 Å². The summed E-state index contributed by atoms with van der Waals surface area (Å²) < 4.78 is 21.4. The SMILES string of the molecule is COC(=O)C[C@H](C(=O)OC)P(=O)(O)CN1CCCCC1. The van der Waals surface area contributed by atoms with Crippen molar-refractivity contribution < 1.29 is 28.5 Å². The molecule has 0 spiro atoms. The van der Waals surface area contributed by atoms with Gasteiger partial charge in [-0.1, -0.05) is 6.42 Å². The Hall–Kier alpha value is -0.910. The minimum atomic E-state index is -3.86. The van der Waals surface area contributed by atoms with Crippen LogP contribution in [0.15, 0.2) is 0 Å². The lowest BCUT2D eigenvalue weighted by molar-refractivity contribution is -0.147. The maximum atomic E-state index is 12.4. The van der Waals surface area contributed by atoms with Crippen LogP contribution in [0.1, 0.15) is 25.7 Å². The molecule has 20 heavy (non-hydrogen) atoms. The van der Waals surface area contributed by atoms with Gasteiger partial charge in [0.25, 0.3) is 0 Å². The van der Waals surface area contributed by atoms with E-state index in [1.54, 1.807) is 0 Å². The molecule has 7 nitrogen and oxygen atoms in total. The summed E-state index contributed by atoms with van der Waals surface area (Å²) in [5, 5.41) is 0. The van der Waals surface area contributed by atoms with Gasteiger partial charge in [-0.25, -0.2) is 0 Å². The predicted molar refractivity (Wildman–Crippen MR) is 72.6 cm³/mol. The highest BCUT2D eigenvalue weighted by atomic mass is 31.2. The number of piperidine rings is 1. The third kappa shape index (κ3) is 4.89. The molecule has 1 saturated heterocycles. The predicted octanol–water partition coefficient (Wildman–Crippen LogP) is 0.805. The van der Waals surface area contributed by atoms with Gasteiger partial charge in [-0.15, -0.1) is 0 Å². The van der Waals surface area contributed by atoms with Crippen LogP contribution in [0, 0.1) is 0 Å². The number of esters is 2. The smallest absolute Gasteiger partial charge is 0.319 e. The molecule has 0 saturated carbocycles. The molecule has 0 radical (unpaired) electrons. The van der Waals surface area contributed by atoms with Crippen molar-refractivity contribution in [2.24, 2.45) is 0 Å². The lowest BCUT2D eigenvalue weighted by Crippen LogP contribution is -2.35. The van der Waals surface area contributed by atoms with E-state index in [9.17, 15) is 19.0 Å². The van der Waals surface area contributed by atoms with E-state index in [0.29, 0.717) is 0 Å². The highest BCUT2D eigenvalue weighted by Crippen LogP contribution is 2.49. The van der Waals surface area contributed by atoms with Gasteiger partial charge in [0.2, 0.25) is 7.37 Å². The second-order valence-corrected chi connectivity index (χ2v) is 7.31. The summed E-state index contributed by atoms with van der Waals surface area (Å²) in [5.74, 6) is -1.55. The first-order chi connectivity index (χ1) is 9.40. The van der Waals surface area contributed by atoms with Crippen molar-refractivity contribution in [2.75, 3.05) is 33.6 Å². The number of nitrogens with zero attached hydrogens (tertiary/aromatic N) is 1. The Balaban J connectivity index is 2.77. The highest BCUT2D eigenvalue weighted by Gasteiger charge is 2.41. The number of hydrogen-bond acceptors (Lipinski definition) is 6. The van der Waals surface area contributed by atoms with Crippen LogP contribution < -0.4 is 0 Å². The molecule has 0 aromatic rings. The summed E-state index contributed by atoms with van der Waals surface area (Å²) in [5.41, 5.74) is -1.36. The Bertz CT molecular complexity index is 393. The normalized spacial score (nSPS) is 20.8. The fourth-order valence-electron chi connectivity index (χ4n) is 2.25. The third-order valence-corrected chi connectivity index (χ3v) is 5.57. The van der Waals surface area contributed by atoms with E-state index in [1.165, 1.54) is 7.11 Å². The number of methoxy groups -OCH3 is 2. The highest BCUT2D eigenvalue weighted by molar-refractivity contribution is 7.59. The number of hydrogen-bond donors (Lipinski definition) is 1. The topological polar surface area (TPSA) is 93.1 Å². The minimum Gasteiger partial charge on any atom is -0.469 e. The molecule has 1 rings (SSSR count). The largest absolute Gasteiger partial charge is 0.469 e. The zero-order valence-corrected chi connectivity index (χ0v) is 12.8. The summed E-state index contributed by atoms with van der Waals surface area (Å²) in [6, 6.07) is 0. The van der Waals surface area contributed by atoms with Crippen molar-refractivity contribution in [3.63, 3.8) is 0 Å². The van der Waals surface area contributed by atoms with Gasteiger partial charge in [0.1, 0.15) is 5.66 Å². The Morgan fingerprint density at radius 1 is 1.20 bits per heavy atom. The number of carbonyl (C=O) groups excluding carboxylic acids is 2.